The number of aromatic nitrogens is 2. The van der Waals surface area contributed by atoms with E-state index in [1.54, 1.807) is 19.1 Å². The number of nitrogens with zero attached hydrogens (tertiary/aromatic N) is 3. The molecule has 1 aromatic carbocycles. The first-order chi connectivity index (χ1) is 12.0. The second-order valence-corrected chi connectivity index (χ2v) is 9.13. The Labute approximate surface area is 158 Å². The predicted octanol–water partition coefficient (Wildman–Crippen LogP) is 3.91. The van der Waals surface area contributed by atoms with E-state index in [4.69, 9.17) is 4.52 Å². The molecule has 2 heterocycles. The summed E-state index contributed by atoms with van der Waals surface area (Å²) in [6.45, 7) is 2.17. The van der Waals surface area contributed by atoms with E-state index in [1.807, 2.05) is 29.6 Å². The number of halogens is 1. The molecule has 0 radical (unpaired) electrons. The van der Waals surface area contributed by atoms with Crippen LogP contribution in [0.3, 0.4) is 0 Å². The summed E-state index contributed by atoms with van der Waals surface area (Å²) in [6, 6.07) is 11.1. The molecule has 0 saturated heterocycles. The highest BCUT2D eigenvalue weighted by Gasteiger charge is 2.24. The minimum Gasteiger partial charge on any atom is -0.337 e. The topological polar surface area (TPSA) is 76.3 Å². The summed E-state index contributed by atoms with van der Waals surface area (Å²) in [5, 5.41) is 5.84. The molecule has 6 nitrogen and oxygen atoms in total. The minimum absolute atomic E-state index is 0.0607. The van der Waals surface area contributed by atoms with E-state index in [0.717, 1.165) is 14.9 Å². The Morgan fingerprint density at radius 3 is 2.80 bits per heavy atom. The summed E-state index contributed by atoms with van der Waals surface area (Å²) < 4.78 is 32.8. The van der Waals surface area contributed by atoms with E-state index in [1.165, 1.54) is 15.6 Å². The Kier molecular flexibility index (Phi) is 5.67. The van der Waals surface area contributed by atoms with Gasteiger partial charge in [0.15, 0.2) is 0 Å². The molecule has 0 unspecified atom stereocenters. The van der Waals surface area contributed by atoms with E-state index in [2.05, 4.69) is 26.1 Å². The lowest BCUT2D eigenvalue weighted by atomic mass is 10.2. The highest BCUT2D eigenvalue weighted by Crippen LogP contribution is 2.22. The number of sulfonamides is 1. The number of hydrogen-bond donors (Lipinski definition) is 0. The van der Waals surface area contributed by atoms with Gasteiger partial charge in [-0.25, -0.2) is 8.42 Å². The van der Waals surface area contributed by atoms with E-state index >= 15 is 0 Å². The minimum atomic E-state index is -3.50. The zero-order valence-corrected chi connectivity index (χ0v) is 16.6. The summed E-state index contributed by atoms with van der Waals surface area (Å²) in [7, 11) is -3.50. The fourth-order valence-corrected chi connectivity index (χ4v) is 4.89. The summed E-state index contributed by atoms with van der Waals surface area (Å²) in [5.74, 6) is 0.681. The van der Waals surface area contributed by atoms with Crippen LogP contribution in [0.2, 0.25) is 0 Å². The Morgan fingerprint density at radius 1 is 1.28 bits per heavy atom. The van der Waals surface area contributed by atoms with Crippen LogP contribution in [0.4, 0.5) is 0 Å². The Hall–Kier alpha value is -1.55. The first kappa shape index (κ1) is 18.2. The van der Waals surface area contributed by atoms with E-state index < -0.39 is 10.0 Å². The molecule has 25 heavy (non-hydrogen) atoms. The van der Waals surface area contributed by atoms with E-state index in [0.29, 0.717) is 12.4 Å². The first-order valence-corrected chi connectivity index (χ1v) is 10.8. The molecule has 3 rings (SSSR count). The summed E-state index contributed by atoms with van der Waals surface area (Å²) in [4.78, 5) is 5.18. The lowest BCUT2D eigenvalue weighted by Crippen LogP contribution is -2.31. The van der Waals surface area contributed by atoms with Crippen LogP contribution in [0, 0.1) is 0 Å². The molecular weight excluding hydrogens is 426 g/mol. The van der Waals surface area contributed by atoms with Gasteiger partial charge in [-0.15, -0.1) is 11.3 Å². The molecule has 3 aromatic rings. The average Bonchev–Trinajstić information content (AvgIpc) is 3.23. The molecule has 2 aromatic heterocycles. The summed E-state index contributed by atoms with van der Waals surface area (Å²) in [6.07, 6.45) is 0. The smallest absolute Gasteiger partial charge is 0.242 e. The number of hydrogen-bond acceptors (Lipinski definition) is 6. The van der Waals surface area contributed by atoms with Crippen LogP contribution < -0.4 is 0 Å². The third-order valence-electron chi connectivity index (χ3n) is 3.51. The molecule has 0 N–H and O–H groups in total. The lowest BCUT2D eigenvalue weighted by Gasteiger charge is -2.18. The fourth-order valence-electron chi connectivity index (χ4n) is 2.31. The number of thiophene rings is 1. The van der Waals surface area contributed by atoms with Crippen LogP contribution in [-0.2, 0) is 22.3 Å². The largest absolute Gasteiger partial charge is 0.337 e. The predicted molar refractivity (Wildman–Crippen MR) is 100 cm³/mol. The van der Waals surface area contributed by atoms with Crippen LogP contribution in [0.1, 0.15) is 18.4 Å². The van der Waals surface area contributed by atoms with Crippen LogP contribution in [-0.4, -0.2) is 29.4 Å². The van der Waals surface area contributed by atoms with Gasteiger partial charge in [0.25, 0.3) is 0 Å². The Morgan fingerprint density at radius 2 is 2.12 bits per heavy atom. The van der Waals surface area contributed by atoms with Crippen molar-refractivity contribution in [3.8, 4) is 10.7 Å². The lowest BCUT2D eigenvalue weighted by molar-refractivity contribution is 0.321. The third kappa shape index (κ3) is 4.55. The normalized spacial score (nSPS) is 12.0. The average molecular weight is 442 g/mol. The van der Waals surface area contributed by atoms with Crippen molar-refractivity contribution >= 4 is 37.3 Å². The monoisotopic (exact) mass is 441 g/mol. The van der Waals surface area contributed by atoms with Crippen molar-refractivity contribution in [1.82, 2.24) is 14.4 Å². The van der Waals surface area contributed by atoms with E-state index in [9.17, 15) is 8.42 Å². The van der Waals surface area contributed by atoms with E-state index in [-0.39, 0.29) is 18.2 Å². The van der Waals surface area contributed by atoms with Gasteiger partial charge >= 0.3 is 0 Å². The number of rotatable bonds is 7. The molecule has 0 atom stereocenters. The molecule has 9 heteroatoms. The zero-order valence-electron chi connectivity index (χ0n) is 13.4. The van der Waals surface area contributed by atoms with Crippen LogP contribution in [0.15, 0.2) is 50.8 Å². The van der Waals surface area contributed by atoms with Gasteiger partial charge in [-0.3, -0.25) is 0 Å². The van der Waals surface area contributed by atoms with Crippen LogP contribution in [0.5, 0.6) is 0 Å². The van der Waals surface area contributed by atoms with Crippen molar-refractivity contribution < 1.29 is 12.9 Å². The van der Waals surface area contributed by atoms with Gasteiger partial charge in [-0.2, -0.15) is 9.29 Å². The van der Waals surface area contributed by atoms with Gasteiger partial charge in [0.2, 0.25) is 21.7 Å². The Bertz CT molecular complexity index is 939. The highest BCUT2D eigenvalue weighted by atomic mass is 79.9. The second kappa shape index (κ2) is 7.77. The van der Waals surface area contributed by atoms with Crippen molar-refractivity contribution in [3.05, 3.63) is 57.7 Å². The van der Waals surface area contributed by atoms with Gasteiger partial charge in [-0.1, -0.05) is 46.2 Å². The molecule has 0 aliphatic heterocycles. The quantitative estimate of drug-likeness (QED) is 0.555. The Balaban J connectivity index is 1.75. The van der Waals surface area contributed by atoms with Crippen LogP contribution in [0.25, 0.3) is 10.7 Å². The van der Waals surface area contributed by atoms with Gasteiger partial charge in [0, 0.05) is 11.0 Å². The van der Waals surface area contributed by atoms with Gasteiger partial charge in [0.05, 0.1) is 17.2 Å². The molecule has 0 saturated carbocycles. The van der Waals surface area contributed by atoms with Crippen LogP contribution >= 0.6 is 27.3 Å². The maximum Gasteiger partial charge on any atom is 0.242 e. The maximum atomic E-state index is 12.7. The second-order valence-electron chi connectivity index (χ2n) is 5.30. The molecule has 0 fully saturated rings. The van der Waals surface area contributed by atoms with Crippen molar-refractivity contribution in [2.75, 3.05) is 6.54 Å². The molecule has 132 valence electrons. The molecule has 0 amide bonds. The van der Waals surface area contributed by atoms with Crippen molar-refractivity contribution in [3.63, 3.8) is 0 Å². The molecule has 0 aliphatic rings. The van der Waals surface area contributed by atoms with Crippen molar-refractivity contribution in [1.29, 1.82) is 0 Å². The standard InChI is InChI=1S/C16H16BrN3O3S2/c1-2-20(25(21,22)11-12-5-3-6-13(17)9-12)10-15-18-16(19-23-15)14-7-4-8-24-14/h3-9H,2,10-11H2,1H3. The highest BCUT2D eigenvalue weighted by molar-refractivity contribution is 9.10. The summed E-state index contributed by atoms with van der Waals surface area (Å²) >= 11 is 4.86. The SMILES string of the molecule is CCN(Cc1nc(-c2cccs2)no1)S(=O)(=O)Cc1cccc(Br)c1. The third-order valence-corrected chi connectivity index (χ3v) is 6.74. The fraction of sp³-hybridized carbons (Fsp3) is 0.250. The van der Waals surface area contributed by atoms with Gasteiger partial charge in [-0.05, 0) is 29.1 Å². The molecular formula is C16H16BrN3O3S2. The molecule has 0 spiro atoms. The first-order valence-electron chi connectivity index (χ1n) is 7.56. The number of benzene rings is 1. The van der Waals surface area contributed by atoms with Crippen molar-refractivity contribution in [2.24, 2.45) is 0 Å². The summed E-state index contributed by atoms with van der Waals surface area (Å²) in [5.41, 5.74) is 0.720. The molecule has 0 bridgehead atoms. The van der Waals surface area contributed by atoms with Gasteiger partial charge in [0.1, 0.15) is 0 Å². The van der Waals surface area contributed by atoms with Gasteiger partial charge < -0.3 is 4.52 Å². The molecule has 0 aliphatic carbocycles. The zero-order chi connectivity index (χ0) is 17.9. The van der Waals surface area contributed by atoms with Crippen molar-refractivity contribution in [2.45, 2.75) is 19.2 Å². The maximum absolute atomic E-state index is 12.7.